The fourth-order valence-electron chi connectivity index (χ4n) is 3.53. The lowest BCUT2D eigenvalue weighted by Crippen LogP contribution is -2.27. The molecule has 0 aliphatic carbocycles. The lowest BCUT2D eigenvalue weighted by molar-refractivity contribution is -0.385. The number of thioether (sulfide) groups is 1. The van der Waals surface area contributed by atoms with Gasteiger partial charge in [-0.2, -0.15) is 8.42 Å². The van der Waals surface area contributed by atoms with Crippen molar-refractivity contribution in [2.75, 3.05) is 5.32 Å². The maximum atomic E-state index is 12.9. The van der Waals surface area contributed by atoms with Gasteiger partial charge in [0, 0.05) is 24.2 Å². The largest absolute Gasteiger partial charge is 0.377 e. The smallest absolute Gasteiger partial charge is 0.339 e. The Hall–Kier alpha value is -4.20. The van der Waals surface area contributed by atoms with Crippen LogP contribution in [-0.2, 0) is 26.3 Å². The normalized spacial score (nSPS) is 14.5. The third-order valence-electron chi connectivity index (χ3n) is 5.31. The Morgan fingerprint density at radius 1 is 1.13 bits per heavy atom. The van der Waals surface area contributed by atoms with Crippen LogP contribution in [0.3, 0.4) is 0 Å². The Morgan fingerprint density at radius 2 is 1.82 bits per heavy atom. The molecule has 4 rings (SSSR count). The zero-order chi connectivity index (χ0) is 28.3. The number of nitro groups is 1. The zero-order valence-electron chi connectivity index (χ0n) is 20.0. The molecule has 0 radical (unpaired) electrons. The third-order valence-corrected chi connectivity index (χ3v) is 7.76. The van der Waals surface area contributed by atoms with Crippen molar-refractivity contribution in [3.8, 4) is 5.75 Å². The first-order valence-electron chi connectivity index (χ1n) is 11.0. The number of para-hydroxylation sites is 1. The summed E-state index contributed by atoms with van der Waals surface area (Å²) >= 11 is 6.90. The molecule has 1 heterocycles. The van der Waals surface area contributed by atoms with E-state index in [2.05, 4.69) is 5.32 Å². The highest BCUT2D eigenvalue weighted by Gasteiger charge is 2.36. The van der Waals surface area contributed by atoms with Gasteiger partial charge in [0.05, 0.1) is 21.4 Å². The van der Waals surface area contributed by atoms with E-state index in [0.29, 0.717) is 23.0 Å². The maximum Gasteiger partial charge on any atom is 0.339 e. The van der Waals surface area contributed by atoms with Gasteiger partial charge in [0.25, 0.3) is 16.8 Å². The molecule has 0 unspecified atom stereocenters. The Morgan fingerprint density at radius 3 is 2.46 bits per heavy atom. The third kappa shape index (κ3) is 6.45. The quantitative estimate of drug-likeness (QED) is 0.162. The molecule has 0 atom stereocenters. The second-order valence-electron chi connectivity index (χ2n) is 8.09. The Kier molecular flexibility index (Phi) is 8.04. The van der Waals surface area contributed by atoms with Gasteiger partial charge in [0.15, 0.2) is 5.75 Å². The van der Waals surface area contributed by atoms with Crippen molar-refractivity contribution in [1.82, 2.24) is 4.90 Å². The molecule has 0 bridgehead atoms. The maximum absolute atomic E-state index is 12.9. The number of nitrogens with zero attached hydrogens (tertiary/aromatic N) is 2. The van der Waals surface area contributed by atoms with Crippen LogP contribution in [0.1, 0.15) is 18.1 Å². The van der Waals surface area contributed by atoms with Gasteiger partial charge in [-0.1, -0.05) is 35.9 Å². The van der Waals surface area contributed by atoms with Crippen molar-refractivity contribution in [3.63, 3.8) is 0 Å². The van der Waals surface area contributed by atoms with Crippen LogP contribution in [0.4, 0.5) is 16.2 Å². The number of amides is 3. The van der Waals surface area contributed by atoms with Crippen LogP contribution < -0.4 is 9.50 Å². The summed E-state index contributed by atoms with van der Waals surface area (Å²) in [6, 6.07) is 15.3. The standard InChI is InChI=1S/C25H18ClN3O8S2/c1-15(30)27-18-7-9-19(10-8-18)39(35,36)37-22-11-6-16(12-20(22)26)13-23-24(31)28(25(32)38-23)14-17-4-2-3-5-21(17)29(33)34/h2-13H,14H2,1H3,(H,27,30)/b23-13-. The van der Waals surface area contributed by atoms with Crippen LogP contribution in [0, 0.1) is 10.1 Å². The van der Waals surface area contributed by atoms with E-state index >= 15 is 0 Å². The van der Waals surface area contributed by atoms with Crippen molar-refractivity contribution in [3.05, 3.63) is 97.9 Å². The number of halogens is 1. The Labute approximate surface area is 231 Å². The molecule has 0 aromatic heterocycles. The van der Waals surface area contributed by atoms with Crippen LogP contribution in [0.25, 0.3) is 6.08 Å². The van der Waals surface area contributed by atoms with Crippen molar-refractivity contribution < 1.29 is 31.9 Å². The minimum absolute atomic E-state index is 0.0650. The molecule has 0 spiro atoms. The average molecular weight is 588 g/mol. The van der Waals surface area contributed by atoms with Gasteiger partial charge in [-0.3, -0.25) is 29.4 Å². The molecule has 39 heavy (non-hydrogen) atoms. The topological polar surface area (TPSA) is 153 Å². The van der Waals surface area contributed by atoms with E-state index in [-0.39, 0.29) is 44.3 Å². The van der Waals surface area contributed by atoms with Crippen molar-refractivity contribution in [2.45, 2.75) is 18.4 Å². The number of imide groups is 1. The van der Waals surface area contributed by atoms with E-state index < -0.39 is 26.2 Å². The number of nitro benzene ring substituents is 1. The first kappa shape index (κ1) is 27.8. The van der Waals surface area contributed by atoms with Crippen molar-refractivity contribution >= 4 is 68.0 Å². The van der Waals surface area contributed by atoms with Crippen LogP contribution in [-0.4, -0.2) is 35.3 Å². The number of nitrogens with one attached hydrogen (secondary N) is 1. The number of anilines is 1. The molecule has 1 aliphatic rings. The number of hydrogen-bond donors (Lipinski definition) is 1. The van der Waals surface area contributed by atoms with Crippen molar-refractivity contribution in [1.29, 1.82) is 0 Å². The summed E-state index contributed by atoms with van der Waals surface area (Å²) < 4.78 is 30.5. The lowest BCUT2D eigenvalue weighted by atomic mass is 10.1. The fourth-order valence-corrected chi connectivity index (χ4v) is 5.59. The Balaban J connectivity index is 1.50. The first-order valence-corrected chi connectivity index (χ1v) is 13.6. The second kappa shape index (κ2) is 11.3. The van der Waals surface area contributed by atoms with E-state index in [9.17, 15) is 32.9 Å². The highest BCUT2D eigenvalue weighted by molar-refractivity contribution is 8.18. The van der Waals surface area contributed by atoms with Gasteiger partial charge >= 0.3 is 10.1 Å². The molecule has 3 amide bonds. The SMILES string of the molecule is CC(=O)Nc1ccc(S(=O)(=O)Oc2ccc(/C=C3\SC(=O)N(Cc4ccccc4[N+](=O)[O-])C3=O)cc2Cl)cc1. The molecule has 1 N–H and O–H groups in total. The second-order valence-corrected chi connectivity index (χ2v) is 11.0. The summed E-state index contributed by atoms with van der Waals surface area (Å²) in [6.45, 7) is 1.06. The first-order chi connectivity index (χ1) is 18.4. The average Bonchev–Trinajstić information content (AvgIpc) is 3.13. The van der Waals surface area contributed by atoms with E-state index in [0.717, 1.165) is 4.90 Å². The van der Waals surface area contributed by atoms with E-state index in [4.69, 9.17) is 15.8 Å². The van der Waals surface area contributed by atoms with Crippen LogP contribution >= 0.6 is 23.4 Å². The molecule has 11 nitrogen and oxygen atoms in total. The minimum atomic E-state index is -4.25. The highest BCUT2D eigenvalue weighted by Crippen LogP contribution is 2.36. The fraction of sp³-hybridized carbons (Fsp3) is 0.0800. The predicted octanol–water partition coefficient (Wildman–Crippen LogP) is 5.21. The summed E-state index contributed by atoms with van der Waals surface area (Å²) in [5.74, 6) is -1.10. The number of hydrogen-bond acceptors (Lipinski definition) is 9. The molecule has 3 aromatic carbocycles. The minimum Gasteiger partial charge on any atom is -0.377 e. The van der Waals surface area contributed by atoms with Gasteiger partial charge in [-0.25, -0.2) is 0 Å². The summed E-state index contributed by atoms with van der Waals surface area (Å²) in [7, 11) is -4.25. The predicted molar refractivity (Wildman–Crippen MR) is 145 cm³/mol. The molecule has 1 saturated heterocycles. The van der Waals surface area contributed by atoms with Gasteiger partial charge in [-0.05, 0) is 59.8 Å². The van der Waals surface area contributed by atoms with Crippen LogP contribution in [0.2, 0.25) is 5.02 Å². The Bertz CT molecular complexity index is 1640. The van der Waals surface area contributed by atoms with Gasteiger partial charge in [0.2, 0.25) is 5.91 Å². The van der Waals surface area contributed by atoms with Gasteiger partial charge < -0.3 is 9.50 Å². The number of rotatable bonds is 8. The van der Waals surface area contributed by atoms with E-state index in [1.807, 2.05) is 0 Å². The molecule has 200 valence electrons. The lowest BCUT2D eigenvalue weighted by Gasteiger charge is -2.12. The molecule has 0 saturated carbocycles. The van der Waals surface area contributed by atoms with Gasteiger partial charge in [-0.15, -0.1) is 0 Å². The van der Waals surface area contributed by atoms with Gasteiger partial charge in [0.1, 0.15) is 4.90 Å². The van der Waals surface area contributed by atoms with E-state index in [1.54, 1.807) is 6.07 Å². The summed E-state index contributed by atoms with van der Waals surface area (Å²) in [6.07, 6.45) is 1.40. The zero-order valence-corrected chi connectivity index (χ0v) is 22.4. The summed E-state index contributed by atoms with van der Waals surface area (Å²) in [5.41, 5.74) is 0.805. The number of benzene rings is 3. The highest BCUT2D eigenvalue weighted by atomic mass is 35.5. The number of carbonyl (C=O) groups is 3. The van der Waals surface area contributed by atoms with Crippen molar-refractivity contribution in [2.24, 2.45) is 0 Å². The van der Waals surface area contributed by atoms with Crippen LogP contribution in [0.5, 0.6) is 5.75 Å². The summed E-state index contributed by atoms with van der Waals surface area (Å²) in [5, 5.41) is 13.1. The molecule has 14 heteroatoms. The van der Waals surface area contributed by atoms with E-state index in [1.165, 1.54) is 73.7 Å². The summed E-state index contributed by atoms with van der Waals surface area (Å²) in [4.78, 5) is 48.0. The molecular formula is C25H18ClN3O8S2. The molecule has 1 aliphatic heterocycles. The molecule has 1 fully saturated rings. The number of carbonyl (C=O) groups excluding carboxylic acids is 3. The monoisotopic (exact) mass is 587 g/mol. The molecular weight excluding hydrogens is 570 g/mol. The molecule has 3 aromatic rings. The van der Waals surface area contributed by atoms with Crippen LogP contribution in [0.15, 0.2) is 76.5 Å².